The SMILES string of the molecule is Oc1ccc([C@@H](c2c(O)c3c4c5c2O[C@H](c2ccc(O)cc2)[C@H]5c2cc(O)cc(O)c2[C@H](c2ccc(O)cc2)[C@@H]4[C@@H](c2ccc(O)cc2)[C@@H]3c2cc(O)cc(O)c2)[C@@H]2c3cc(O)cc(O)c3[C@H](c3ccc(O)cc3)[C@H]3c4c2c(O)cc(O)c4[C@H](c2cc(O)cc(O)c2)[C@H]3c2ccc(O)cc2)cc1. The molecule has 17 N–H and O–H groups in total. The number of ether oxygens (including phenoxy) is 1. The van der Waals surface area contributed by atoms with E-state index in [9.17, 15) is 81.7 Å². The van der Waals surface area contributed by atoms with Crippen molar-refractivity contribution in [1.29, 1.82) is 0 Å². The Morgan fingerprint density at radius 3 is 1.03 bits per heavy atom. The Kier molecular flexibility index (Phi) is 14.1. The van der Waals surface area contributed by atoms with Crippen LogP contribution in [0.25, 0.3) is 0 Å². The second-order valence-corrected chi connectivity index (χ2v) is 27.5. The number of hydrogen-bond donors (Lipinski definition) is 17. The maximum absolute atomic E-state index is 15.1. The fraction of sp³-hybridized carbons (Fsp3) is 0.143. The fourth-order valence-corrected chi connectivity index (χ4v) is 18.6. The predicted octanol–water partition coefficient (Wildman–Crippen LogP) is 15.2. The Hall–Kier alpha value is -13.0. The molecule has 18 nitrogen and oxygen atoms in total. The molecule has 0 unspecified atom stereocenters. The summed E-state index contributed by atoms with van der Waals surface area (Å²) in [4.78, 5) is 0. The first kappa shape index (κ1) is 62.6. The molecule has 12 atom stereocenters. The summed E-state index contributed by atoms with van der Waals surface area (Å²) >= 11 is 0. The zero-order valence-corrected chi connectivity index (χ0v) is 53.6. The molecule has 4 aliphatic carbocycles. The van der Waals surface area contributed by atoms with E-state index in [0.29, 0.717) is 55.6 Å². The average Bonchev–Trinajstić information content (AvgIpc) is 1.51. The molecule has 0 aromatic heterocycles. The molecule has 0 fully saturated rings. The van der Waals surface area contributed by atoms with Crippen LogP contribution >= 0.6 is 0 Å². The molecule has 12 aromatic carbocycles. The zero-order chi connectivity index (χ0) is 70.7. The van der Waals surface area contributed by atoms with Gasteiger partial charge in [0.2, 0.25) is 0 Å². The topological polar surface area (TPSA) is 353 Å². The van der Waals surface area contributed by atoms with Crippen LogP contribution in [0.2, 0.25) is 0 Å². The van der Waals surface area contributed by atoms with Crippen LogP contribution in [0.3, 0.4) is 0 Å². The van der Waals surface area contributed by atoms with Crippen molar-refractivity contribution >= 4 is 0 Å². The van der Waals surface area contributed by atoms with Crippen molar-refractivity contribution in [3.63, 3.8) is 0 Å². The van der Waals surface area contributed by atoms with Crippen LogP contribution in [0, 0.1) is 0 Å². The van der Waals surface area contributed by atoms with Crippen molar-refractivity contribution in [3.8, 4) is 103 Å². The summed E-state index contributed by atoms with van der Waals surface area (Å²) in [6, 6.07) is 52.5. The third-order valence-electron chi connectivity index (χ3n) is 22.0. The number of fused-ring (bicyclic) bond motifs is 3. The largest absolute Gasteiger partial charge is 0.508 e. The van der Waals surface area contributed by atoms with Gasteiger partial charge in [-0.15, -0.1) is 0 Å². The first-order valence-corrected chi connectivity index (χ1v) is 33.2. The highest BCUT2D eigenvalue weighted by Gasteiger charge is 2.60. The minimum atomic E-state index is -1.52. The van der Waals surface area contributed by atoms with Crippen LogP contribution in [0.5, 0.6) is 103 Å². The smallest absolute Gasteiger partial charge is 0.135 e. The Morgan fingerprint density at radius 2 is 0.578 bits per heavy atom. The van der Waals surface area contributed by atoms with Crippen molar-refractivity contribution in [2.75, 3.05) is 0 Å². The van der Waals surface area contributed by atoms with E-state index in [-0.39, 0.29) is 125 Å². The van der Waals surface area contributed by atoms with Crippen LogP contribution in [0.1, 0.15) is 177 Å². The second kappa shape index (κ2) is 23.1. The summed E-state index contributed by atoms with van der Waals surface area (Å²) in [5, 5.41) is 206. The first-order chi connectivity index (χ1) is 49.1. The van der Waals surface area contributed by atoms with Gasteiger partial charge in [-0.2, -0.15) is 0 Å². The van der Waals surface area contributed by atoms with Crippen LogP contribution in [0.15, 0.2) is 212 Å². The third kappa shape index (κ3) is 9.60. The molecule has 508 valence electrons. The van der Waals surface area contributed by atoms with Gasteiger partial charge in [-0.05, 0) is 176 Å². The van der Waals surface area contributed by atoms with Crippen LogP contribution in [-0.2, 0) is 0 Å². The van der Waals surface area contributed by atoms with Gasteiger partial charge in [0.05, 0.1) is 5.92 Å². The predicted molar refractivity (Wildman–Crippen MR) is 373 cm³/mol. The fourth-order valence-electron chi connectivity index (χ4n) is 18.6. The van der Waals surface area contributed by atoms with E-state index in [2.05, 4.69) is 0 Å². The highest BCUT2D eigenvalue weighted by molar-refractivity contribution is 5.79. The van der Waals surface area contributed by atoms with Gasteiger partial charge in [0, 0.05) is 128 Å². The maximum atomic E-state index is 15.1. The van der Waals surface area contributed by atoms with Gasteiger partial charge in [0.25, 0.3) is 0 Å². The molecule has 17 rings (SSSR count). The van der Waals surface area contributed by atoms with Gasteiger partial charge in [-0.1, -0.05) is 72.8 Å². The molecule has 12 aromatic rings. The van der Waals surface area contributed by atoms with E-state index in [0.717, 1.165) is 12.1 Å². The standard InChI is InChI=1S/C84H64O18/c85-44-13-1-36(2-14-44)62-67(42-25-50(91)29-51(92)26-42)73-60(99)35-61(100)74-71(56-31-54(95)33-58(97)69(56)64(75(62)77(73)74)38-5-17-46(87)18-6-38)66(40-9-21-48(89)22-10-40)81-82(101)79-68(43-27-52(93)30-53(94)28-43)63(37-3-15-45(86)16-4-37)76-65(39-7-19-47(88)20-8-39)70-57(32-55(96)34-59(70)98)72-80(78(76)79)84(81)102-83(72)41-11-23-49(90)24-12-41/h1-35,62-68,71-72,75-76,83,85-101H/t62-,63+,64+,65+,66-,67-,68+,71+,72+,75+,76+,83-/m1/s1. The van der Waals surface area contributed by atoms with Gasteiger partial charge in [-0.25, -0.2) is 0 Å². The number of hydrogen-bond acceptors (Lipinski definition) is 18. The number of benzene rings is 12. The number of rotatable bonds is 10. The van der Waals surface area contributed by atoms with Crippen LogP contribution < -0.4 is 4.74 Å². The van der Waals surface area contributed by atoms with E-state index in [1.54, 1.807) is 78.9 Å². The lowest BCUT2D eigenvalue weighted by molar-refractivity contribution is 0.218. The molecule has 102 heavy (non-hydrogen) atoms. The summed E-state index contributed by atoms with van der Waals surface area (Å²) in [5.74, 6) is -17.5. The molecule has 1 aliphatic heterocycles. The molecular formula is C84H64O18. The summed E-state index contributed by atoms with van der Waals surface area (Å²) < 4.78 is 7.75. The van der Waals surface area contributed by atoms with E-state index < -0.39 is 99.9 Å². The normalized spacial score (nSPS) is 21.9. The monoisotopic (exact) mass is 1360 g/mol. The average molecular weight is 1360 g/mol. The molecule has 0 saturated carbocycles. The minimum Gasteiger partial charge on any atom is -0.508 e. The van der Waals surface area contributed by atoms with Crippen molar-refractivity contribution in [2.24, 2.45) is 0 Å². The van der Waals surface area contributed by atoms with Gasteiger partial charge in [-0.3, -0.25) is 0 Å². The van der Waals surface area contributed by atoms with Crippen molar-refractivity contribution < 1.29 is 91.5 Å². The van der Waals surface area contributed by atoms with E-state index >= 15 is 5.11 Å². The third-order valence-corrected chi connectivity index (χ3v) is 22.0. The summed E-state index contributed by atoms with van der Waals surface area (Å²) in [6.07, 6.45) is -1.20. The van der Waals surface area contributed by atoms with Gasteiger partial charge in [0.1, 0.15) is 110 Å². The summed E-state index contributed by atoms with van der Waals surface area (Å²) in [7, 11) is 0. The lowest BCUT2D eigenvalue weighted by Gasteiger charge is -2.35. The molecule has 0 spiro atoms. The maximum Gasteiger partial charge on any atom is 0.135 e. The Bertz CT molecular complexity index is 5370. The van der Waals surface area contributed by atoms with E-state index in [4.69, 9.17) is 4.74 Å². The lowest BCUT2D eigenvalue weighted by Crippen LogP contribution is -2.20. The molecule has 0 saturated heterocycles. The summed E-state index contributed by atoms with van der Waals surface area (Å²) in [6.45, 7) is 0. The molecule has 5 aliphatic rings. The Labute approximate surface area is 581 Å². The van der Waals surface area contributed by atoms with E-state index in [1.165, 1.54) is 121 Å². The molecular weight excluding hydrogens is 1300 g/mol. The Balaban J connectivity index is 1.08. The van der Waals surface area contributed by atoms with Gasteiger partial charge >= 0.3 is 0 Å². The molecule has 0 amide bonds. The second-order valence-electron chi connectivity index (χ2n) is 27.5. The zero-order valence-electron chi connectivity index (χ0n) is 53.6. The van der Waals surface area contributed by atoms with Gasteiger partial charge < -0.3 is 91.5 Å². The minimum absolute atomic E-state index is 0.0172. The number of phenolic OH excluding ortho intramolecular Hbond substituents is 17. The van der Waals surface area contributed by atoms with Crippen LogP contribution in [0.4, 0.5) is 0 Å². The highest BCUT2D eigenvalue weighted by atomic mass is 16.5. The van der Waals surface area contributed by atoms with Gasteiger partial charge in [0.15, 0.2) is 0 Å². The van der Waals surface area contributed by atoms with Crippen molar-refractivity contribution in [3.05, 3.63) is 318 Å². The molecule has 18 heteroatoms. The Morgan fingerprint density at radius 1 is 0.235 bits per heavy atom. The molecule has 0 radical (unpaired) electrons. The number of phenols is 17. The number of aromatic hydroxyl groups is 17. The van der Waals surface area contributed by atoms with Crippen molar-refractivity contribution in [2.45, 2.75) is 71.2 Å². The quantitative estimate of drug-likeness (QED) is 0.0605. The van der Waals surface area contributed by atoms with E-state index in [1.807, 2.05) is 0 Å². The van der Waals surface area contributed by atoms with Crippen LogP contribution in [-0.4, -0.2) is 86.8 Å². The highest BCUT2D eigenvalue weighted by Crippen LogP contribution is 2.75. The first-order valence-electron chi connectivity index (χ1n) is 33.2. The van der Waals surface area contributed by atoms with Crippen molar-refractivity contribution in [1.82, 2.24) is 0 Å². The summed E-state index contributed by atoms with van der Waals surface area (Å²) in [5.41, 5.74) is 5.90. The molecule has 0 bridgehead atoms. The molecule has 1 heterocycles. The lowest BCUT2D eigenvalue weighted by atomic mass is 9.68.